The fourth-order valence-electron chi connectivity index (χ4n) is 1.62. The van der Waals surface area contributed by atoms with E-state index in [9.17, 15) is 13.2 Å². The van der Waals surface area contributed by atoms with Gasteiger partial charge in [-0.2, -0.15) is 0 Å². The number of hydrogen-bond donors (Lipinski definition) is 2. The number of rotatable bonds is 4. The second-order valence-corrected chi connectivity index (χ2v) is 6.53. The molecule has 6 nitrogen and oxygen atoms in total. The van der Waals surface area contributed by atoms with Gasteiger partial charge in [0, 0.05) is 24.7 Å². The van der Waals surface area contributed by atoms with Crippen molar-refractivity contribution in [2.75, 3.05) is 18.6 Å². The molecule has 7 heteroatoms. The van der Waals surface area contributed by atoms with Gasteiger partial charge in [0.15, 0.2) is 0 Å². The summed E-state index contributed by atoms with van der Waals surface area (Å²) in [6.07, 6.45) is 3.97. The van der Waals surface area contributed by atoms with Crippen molar-refractivity contribution in [1.29, 1.82) is 0 Å². The maximum Gasteiger partial charge on any atom is 0.252 e. The molecule has 1 unspecified atom stereocenters. The lowest BCUT2D eigenvalue weighted by Crippen LogP contribution is -2.37. The molecule has 1 rings (SSSR count). The van der Waals surface area contributed by atoms with Crippen LogP contribution in [0.1, 0.15) is 22.8 Å². The molecule has 0 aromatic carbocycles. The Morgan fingerprint density at radius 2 is 2.25 bits per heavy atom. The third kappa shape index (κ3) is 5.38. The summed E-state index contributed by atoms with van der Waals surface area (Å²) in [5.41, 5.74) is 0.673. The number of sulfone groups is 1. The van der Waals surface area contributed by atoms with Crippen LogP contribution in [-0.4, -0.2) is 49.1 Å². The molecule has 0 aliphatic rings. The van der Waals surface area contributed by atoms with E-state index < -0.39 is 21.8 Å². The van der Waals surface area contributed by atoms with Crippen molar-refractivity contribution in [3.05, 3.63) is 29.6 Å². The highest BCUT2D eigenvalue weighted by Gasteiger charge is 2.16. The molecule has 0 spiro atoms. The maximum absolute atomic E-state index is 12.1. The first-order valence-electron chi connectivity index (χ1n) is 5.86. The summed E-state index contributed by atoms with van der Waals surface area (Å²) in [6.45, 7) is 1.29. The van der Waals surface area contributed by atoms with E-state index in [2.05, 4.69) is 22.1 Å². The van der Waals surface area contributed by atoms with E-state index in [-0.39, 0.29) is 12.4 Å². The normalized spacial score (nSPS) is 12.2. The van der Waals surface area contributed by atoms with Crippen LogP contribution in [0.15, 0.2) is 18.5 Å². The summed E-state index contributed by atoms with van der Waals surface area (Å²) in [4.78, 5) is 15.9. The van der Waals surface area contributed by atoms with Gasteiger partial charge in [-0.3, -0.25) is 9.78 Å². The van der Waals surface area contributed by atoms with Crippen LogP contribution in [0.2, 0.25) is 0 Å². The first kappa shape index (κ1) is 16.1. The van der Waals surface area contributed by atoms with Crippen molar-refractivity contribution in [3.63, 3.8) is 0 Å². The van der Waals surface area contributed by atoms with Gasteiger partial charge in [-0.25, -0.2) is 8.42 Å². The molecule has 0 radical (unpaired) electrons. The van der Waals surface area contributed by atoms with Crippen molar-refractivity contribution >= 4 is 15.7 Å². The molecule has 0 saturated heterocycles. The third-order valence-corrected chi connectivity index (χ3v) is 3.40. The third-order valence-electron chi connectivity index (χ3n) is 2.30. The highest BCUT2D eigenvalue weighted by molar-refractivity contribution is 7.90. The average Bonchev–Trinajstić information content (AvgIpc) is 2.34. The summed E-state index contributed by atoms with van der Waals surface area (Å²) in [5.74, 6) is 4.50. The molecular weight excluding hydrogens is 280 g/mol. The zero-order chi connectivity index (χ0) is 15.2. The number of aromatic nitrogens is 1. The smallest absolute Gasteiger partial charge is 0.252 e. The highest BCUT2D eigenvalue weighted by atomic mass is 32.2. The van der Waals surface area contributed by atoms with E-state index in [1.54, 1.807) is 6.92 Å². The molecule has 0 bridgehead atoms. The number of nitrogens with one attached hydrogen (secondary N) is 1. The van der Waals surface area contributed by atoms with Crippen molar-refractivity contribution in [2.24, 2.45) is 0 Å². The molecule has 1 aromatic heterocycles. The van der Waals surface area contributed by atoms with Crippen LogP contribution < -0.4 is 5.32 Å². The Balaban J connectivity index is 2.88. The Bertz CT molecular complexity index is 644. The minimum atomic E-state index is -3.16. The summed E-state index contributed by atoms with van der Waals surface area (Å²) < 4.78 is 22.3. The summed E-state index contributed by atoms with van der Waals surface area (Å²) in [6, 6.07) is 0.980. The average molecular weight is 296 g/mol. The van der Waals surface area contributed by atoms with Crippen molar-refractivity contribution in [2.45, 2.75) is 13.0 Å². The minimum absolute atomic E-state index is 0.137. The number of hydrogen-bond acceptors (Lipinski definition) is 5. The zero-order valence-corrected chi connectivity index (χ0v) is 12.1. The number of aliphatic hydroxyl groups is 1. The van der Waals surface area contributed by atoms with Crippen LogP contribution in [0.3, 0.4) is 0 Å². The molecule has 20 heavy (non-hydrogen) atoms. The number of carbonyl (C=O) groups is 1. The molecule has 1 atom stereocenters. The van der Waals surface area contributed by atoms with Gasteiger partial charge < -0.3 is 10.4 Å². The molecule has 1 aromatic rings. The van der Waals surface area contributed by atoms with Gasteiger partial charge in [-0.1, -0.05) is 11.8 Å². The lowest BCUT2D eigenvalue weighted by atomic mass is 10.1. The van der Waals surface area contributed by atoms with E-state index in [0.29, 0.717) is 11.1 Å². The molecule has 0 fully saturated rings. The van der Waals surface area contributed by atoms with Gasteiger partial charge in [0.2, 0.25) is 0 Å². The predicted molar refractivity (Wildman–Crippen MR) is 74.8 cm³/mol. The fraction of sp³-hybridized carbons (Fsp3) is 0.385. The Morgan fingerprint density at radius 1 is 1.55 bits per heavy atom. The molecular formula is C13H16N2O4S. The summed E-state index contributed by atoms with van der Waals surface area (Å²) in [5, 5.41) is 11.3. The molecule has 2 N–H and O–H groups in total. The Kier molecular flexibility index (Phi) is 5.67. The minimum Gasteiger partial charge on any atom is -0.384 e. The van der Waals surface area contributed by atoms with E-state index in [0.717, 1.165) is 6.26 Å². The van der Waals surface area contributed by atoms with Crippen LogP contribution in [-0.2, 0) is 9.84 Å². The van der Waals surface area contributed by atoms with Crippen molar-refractivity contribution in [1.82, 2.24) is 10.3 Å². The summed E-state index contributed by atoms with van der Waals surface area (Å²) >= 11 is 0. The largest absolute Gasteiger partial charge is 0.384 e. The van der Waals surface area contributed by atoms with Crippen LogP contribution in [0.25, 0.3) is 0 Å². The number of nitrogens with zero attached hydrogens (tertiary/aromatic N) is 1. The number of aliphatic hydroxyl groups excluding tert-OH is 1. The quantitative estimate of drug-likeness (QED) is 0.736. The highest BCUT2D eigenvalue weighted by Crippen LogP contribution is 2.06. The van der Waals surface area contributed by atoms with Gasteiger partial charge >= 0.3 is 0 Å². The van der Waals surface area contributed by atoms with Crippen molar-refractivity contribution in [3.8, 4) is 11.8 Å². The molecule has 0 saturated carbocycles. The van der Waals surface area contributed by atoms with Gasteiger partial charge in [-0.15, -0.1) is 0 Å². The van der Waals surface area contributed by atoms with E-state index in [4.69, 9.17) is 5.11 Å². The Hall–Kier alpha value is -1.91. The SMILES string of the molecule is CC(CS(C)(=O)=O)NC(=O)c1ccncc1C#CCO. The van der Waals surface area contributed by atoms with Gasteiger partial charge in [0.05, 0.1) is 16.9 Å². The molecule has 0 aliphatic heterocycles. The van der Waals surface area contributed by atoms with E-state index in [1.807, 2.05) is 0 Å². The fourth-order valence-corrected chi connectivity index (χ4v) is 2.62. The van der Waals surface area contributed by atoms with Gasteiger partial charge in [0.1, 0.15) is 16.4 Å². The lowest BCUT2D eigenvalue weighted by molar-refractivity contribution is 0.0943. The number of amides is 1. The van der Waals surface area contributed by atoms with Gasteiger partial charge in [0.25, 0.3) is 5.91 Å². The molecule has 108 valence electrons. The standard InChI is InChI=1S/C13H16N2O4S/c1-10(9-20(2,18)19)15-13(17)12-5-6-14-8-11(12)4-3-7-16/h5-6,8,10,16H,7,9H2,1-2H3,(H,15,17). The monoisotopic (exact) mass is 296 g/mol. The van der Waals surface area contributed by atoms with E-state index in [1.165, 1.54) is 18.5 Å². The molecule has 1 heterocycles. The van der Waals surface area contributed by atoms with Gasteiger partial charge in [-0.05, 0) is 13.0 Å². The number of pyridine rings is 1. The van der Waals surface area contributed by atoms with Crippen LogP contribution >= 0.6 is 0 Å². The van der Waals surface area contributed by atoms with E-state index >= 15 is 0 Å². The van der Waals surface area contributed by atoms with Crippen LogP contribution in [0, 0.1) is 11.8 Å². The first-order chi connectivity index (χ1) is 9.33. The number of carbonyl (C=O) groups excluding carboxylic acids is 1. The zero-order valence-electron chi connectivity index (χ0n) is 11.3. The molecule has 1 amide bonds. The van der Waals surface area contributed by atoms with Crippen LogP contribution in [0.5, 0.6) is 0 Å². The Labute approximate surface area is 118 Å². The second kappa shape index (κ2) is 7.03. The molecule has 0 aliphatic carbocycles. The van der Waals surface area contributed by atoms with Crippen LogP contribution in [0.4, 0.5) is 0 Å². The lowest BCUT2D eigenvalue weighted by Gasteiger charge is -2.13. The second-order valence-electron chi connectivity index (χ2n) is 4.35. The summed E-state index contributed by atoms with van der Waals surface area (Å²) in [7, 11) is -3.16. The Morgan fingerprint density at radius 3 is 2.85 bits per heavy atom. The predicted octanol–water partition coefficient (Wildman–Crippen LogP) is -0.412. The van der Waals surface area contributed by atoms with Crippen molar-refractivity contribution < 1.29 is 18.3 Å². The maximum atomic E-state index is 12.1. The topological polar surface area (TPSA) is 96.4 Å². The first-order valence-corrected chi connectivity index (χ1v) is 7.92.